The monoisotopic (exact) mass is 416 g/mol. The van der Waals surface area contributed by atoms with Gasteiger partial charge in [0.1, 0.15) is 5.82 Å². The number of nitrogens with zero attached hydrogens (tertiary/aromatic N) is 2. The Morgan fingerprint density at radius 3 is 2.58 bits per heavy atom. The first-order valence-electron chi connectivity index (χ1n) is 11.7. The van der Waals surface area contributed by atoms with Crippen LogP contribution in [0.25, 0.3) is 11.0 Å². The molecule has 31 heavy (non-hydrogen) atoms. The van der Waals surface area contributed by atoms with Crippen LogP contribution >= 0.6 is 0 Å². The molecule has 0 saturated heterocycles. The molecule has 2 heterocycles. The normalized spacial score (nSPS) is 23.3. The van der Waals surface area contributed by atoms with Gasteiger partial charge in [-0.25, -0.2) is 4.98 Å². The Labute approximate surface area is 184 Å². The van der Waals surface area contributed by atoms with Crippen molar-refractivity contribution in [1.29, 1.82) is 0 Å². The second kappa shape index (κ2) is 8.37. The van der Waals surface area contributed by atoms with E-state index in [4.69, 9.17) is 10.7 Å². The Bertz CT molecular complexity index is 1080. The molecule has 3 aromatic rings. The van der Waals surface area contributed by atoms with Gasteiger partial charge in [0, 0.05) is 35.7 Å². The van der Waals surface area contributed by atoms with Crippen LogP contribution < -0.4 is 11.1 Å². The van der Waals surface area contributed by atoms with Crippen LogP contribution in [-0.2, 0) is 24.1 Å². The van der Waals surface area contributed by atoms with Crippen LogP contribution in [0.1, 0.15) is 62.0 Å². The number of amides is 1. The van der Waals surface area contributed by atoms with Crippen molar-refractivity contribution in [2.45, 2.75) is 70.4 Å². The maximum Gasteiger partial charge on any atom is 0.220 e. The molecular formula is C26H32N4O. The molecule has 3 N–H and O–H groups in total. The van der Waals surface area contributed by atoms with E-state index < -0.39 is 0 Å². The van der Waals surface area contributed by atoms with Crippen molar-refractivity contribution in [3.8, 4) is 0 Å². The smallest absolute Gasteiger partial charge is 0.220 e. The third-order valence-electron chi connectivity index (χ3n) is 7.21. The van der Waals surface area contributed by atoms with Crippen molar-refractivity contribution in [3.05, 3.63) is 59.4 Å². The molecule has 1 aliphatic carbocycles. The number of rotatable bonds is 5. The number of fused-ring (bicyclic) bond motifs is 3. The van der Waals surface area contributed by atoms with E-state index >= 15 is 0 Å². The largest absolute Gasteiger partial charge is 0.382 e. The number of carbonyl (C=O) groups excluding carboxylic acids is 1. The average molecular weight is 417 g/mol. The summed E-state index contributed by atoms with van der Waals surface area (Å²) in [5.41, 5.74) is 11.9. The molecule has 1 aromatic heterocycles. The van der Waals surface area contributed by atoms with E-state index in [0.717, 1.165) is 56.9 Å². The molecule has 1 fully saturated rings. The molecule has 2 aliphatic rings. The number of hydrogen-bond donors (Lipinski definition) is 2. The standard InChI is InChI=1S/C26H32N4O/c1-17-7-13-21-22(28-17)14-15-23-25(21)29-24(16-8-18-5-3-2-4-6-18)30(23)20-11-9-19(10-12-20)26(27)31/h2-6,14-15,17,19-20,28H,7-13,16H2,1H3,(H2,27,31)/t17-,19-,20+/m0/s1. The van der Waals surface area contributed by atoms with E-state index in [1.165, 1.54) is 28.2 Å². The summed E-state index contributed by atoms with van der Waals surface area (Å²) in [6.45, 7) is 2.24. The number of benzene rings is 2. The summed E-state index contributed by atoms with van der Waals surface area (Å²) in [4.78, 5) is 16.9. The fourth-order valence-corrected chi connectivity index (χ4v) is 5.45. The van der Waals surface area contributed by atoms with Gasteiger partial charge in [-0.2, -0.15) is 0 Å². The minimum absolute atomic E-state index is 0.0252. The SMILES string of the molecule is C[C@H]1CCc2c(ccc3c2nc(CCc2ccccc2)n3[C@H]2CC[C@@H](C(N)=O)CC2)N1. The van der Waals surface area contributed by atoms with Crippen LogP contribution in [0.15, 0.2) is 42.5 Å². The molecule has 0 radical (unpaired) electrons. The van der Waals surface area contributed by atoms with Gasteiger partial charge in [0.25, 0.3) is 0 Å². The van der Waals surface area contributed by atoms with Crippen LogP contribution in [0, 0.1) is 5.92 Å². The van der Waals surface area contributed by atoms with E-state index in [0.29, 0.717) is 12.1 Å². The number of carbonyl (C=O) groups is 1. The van der Waals surface area contributed by atoms with Gasteiger partial charge >= 0.3 is 0 Å². The molecule has 162 valence electrons. The van der Waals surface area contributed by atoms with Gasteiger partial charge in [-0.15, -0.1) is 0 Å². The Morgan fingerprint density at radius 2 is 1.84 bits per heavy atom. The van der Waals surface area contributed by atoms with Crippen molar-refractivity contribution in [1.82, 2.24) is 9.55 Å². The highest BCUT2D eigenvalue weighted by atomic mass is 16.1. The first-order valence-corrected chi connectivity index (χ1v) is 11.7. The number of nitrogens with one attached hydrogen (secondary N) is 1. The van der Waals surface area contributed by atoms with Crippen molar-refractivity contribution < 1.29 is 4.79 Å². The van der Waals surface area contributed by atoms with Gasteiger partial charge in [0.05, 0.1) is 11.0 Å². The second-order valence-electron chi connectivity index (χ2n) is 9.33. The van der Waals surface area contributed by atoms with Crippen molar-refractivity contribution in [2.24, 2.45) is 11.7 Å². The molecule has 5 nitrogen and oxygen atoms in total. The van der Waals surface area contributed by atoms with Crippen LogP contribution in [-0.4, -0.2) is 21.5 Å². The lowest BCUT2D eigenvalue weighted by Gasteiger charge is -2.29. The third kappa shape index (κ3) is 3.93. The minimum Gasteiger partial charge on any atom is -0.382 e. The molecule has 1 saturated carbocycles. The number of primary amides is 1. The van der Waals surface area contributed by atoms with Crippen molar-refractivity contribution in [3.63, 3.8) is 0 Å². The fraction of sp³-hybridized carbons (Fsp3) is 0.462. The van der Waals surface area contributed by atoms with Crippen molar-refractivity contribution >= 4 is 22.6 Å². The molecule has 2 aromatic carbocycles. The molecule has 0 spiro atoms. The summed E-state index contributed by atoms with van der Waals surface area (Å²) >= 11 is 0. The highest BCUT2D eigenvalue weighted by Gasteiger charge is 2.29. The zero-order valence-electron chi connectivity index (χ0n) is 18.3. The number of imidazole rings is 1. The summed E-state index contributed by atoms with van der Waals surface area (Å²) in [5.74, 6) is 1.05. The van der Waals surface area contributed by atoms with E-state index in [1.54, 1.807) is 0 Å². The van der Waals surface area contributed by atoms with Gasteiger partial charge in [-0.1, -0.05) is 30.3 Å². The first-order chi connectivity index (χ1) is 15.1. The van der Waals surface area contributed by atoms with E-state index in [2.05, 4.69) is 59.3 Å². The molecule has 0 unspecified atom stereocenters. The van der Waals surface area contributed by atoms with E-state index in [-0.39, 0.29) is 11.8 Å². The first kappa shape index (κ1) is 20.1. The molecule has 5 heteroatoms. The van der Waals surface area contributed by atoms with Crippen molar-refractivity contribution in [2.75, 3.05) is 5.32 Å². The third-order valence-corrected chi connectivity index (χ3v) is 7.21. The van der Waals surface area contributed by atoms with Gasteiger partial charge in [0.2, 0.25) is 5.91 Å². The Kier molecular flexibility index (Phi) is 5.43. The van der Waals surface area contributed by atoms with Gasteiger partial charge < -0.3 is 15.6 Å². The predicted octanol–water partition coefficient (Wildman–Crippen LogP) is 4.78. The van der Waals surface area contributed by atoms with Crippen LogP contribution in [0.2, 0.25) is 0 Å². The Hall–Kier alpha value is -2.82. The molecule has 0 bridgehead atoms. The zero-order valence-corrected chi connectivity index (χ0v) is 18.3. The van der Waals surface area contributed by atoms with Gasteiger partial charge in [0.15, 0.2) is 0 Å². The molecule has 1 amide bonds. The highest BCUT2D eigenvalue weighted by molar-refractivity contribution is 5.86. The predicted molar refractivity (Wildman–Crippen MR) is 125 cm³/mol. The van der Waals surface area contributed by atoms with Crippen LogP contribution in [0.4, 0.5) is 5.69 Å². The van der Waals surface area contributed by atoms with Gasteiger partial charge in [-0.3, -0.25) is 4.79 Å². The number of anilines is 1. The lowest BCUT2D eigenvalue weighted by atomic mass is 9.85. The average Bonchev–Trinajstić information content (AvgIpc) is 3.17. The number of hydrogen-bond acceptors (Lipinski definition) is 3. The topological polar surface area (TPSA) is 72.9 Å². The number of nitrogens with two attached hydrogens (primary N) is 1. The highest BCUT2D eigenvalue weighted by Crippen LogP contribution is 2.38. The number of aromatic nitrogens is 2. The molecule has 1 aliphatic heterocycles. The maximum absolute atomic E-state index is 11.7. The molecule has 5 rings (SSSR count). The van der Waals surface area contributed by atoms with Crippen LogP contribution in [0.3, 0.4) is 0 Å². The summed E-state index contributed by atoms with van der Waals surface area (Å²) in [6.07, 6.45) is 7.86. The minimum atomic E-state index is -0.146. The maximum atomic E-state index is 11.7. The lowest BCUT2D eigenvalue weighted by molar-refractivity contribution is -0.122. The Morgan fingerprint density at radius 1 is 1.06 bits per heavy atom. The summed E-state index contributed by atoms with van der Waals surface area (Å²) in [7, 11) is 0. The van der Waals surface area contributed by atoms with Crippen LogP contribution in [0.5, 0.6) is 0 Å². The Balaban J connectivity index is 1.52. The molecular weight excluding hydrogens is 384 g/mol. The zero-order chi connectivity index (χ0) is 21.4. The summed E-state index contributed by atoms with van der Waals surface area (Å²) in [5, 5.41) is 3.64. The summed E-state index contributed by atoms with van der Waals surface area (Å²) in [6, 6.07) is 16.0. The fourth-order valence-electron chi connectivity index (χ4n) is 5.45. The second-order valence-corrected chi connectivity index (χ2v) is 9.33. The van der Waals surface area contributed by atoms with E-state index in [1.807, 2.05) is 0 Å². The van der Waals surface area contributed by atoms with Gasteiger partial charge in [-0.05, 0) is 69.6 Å². The lowest BCUT2D eigenvalue weighted by Crippen LogP contribution is -2.29. The quantitative estimate of drug-likeness (QED) is 0.628. The molecule has 1 atom stereocenters. The summed E-state index contributed by atoms with van der Waals surface area (Å²) < 4.78 is 2.49. The number of aryl methyl sites for hydroxylation is 3. The van der Waals surface area contributed by atoms with E-state index in [9.17, 15) is 4.79 Å².